The molecule has 0 bridgehead atoms. The van der Waals surface area contributed by atoms with E-state index in [4.69, 9.17) is 0 Å². The van der Waals surface area contributed by atoms with E-state index in [-0.39, 0.29) is 0 Å². The number of hydrogen-bond donors (Lipinski definition) is 1. The van der Waals surface area contributed by atoms with Crippen molar-refractivity contribution in [1.29, 1.82) is 0 Å². The van der Waals surface area contributed by atoms with Crippen LogP contribution in [0, 0.1) is 0 Å². The summed E-state index contributed by atoms with van der Waals surface area (Å²) in [7, 11) is -2.80. The van der Waals surface area contributed by atoms with E-state index in [9.17, 15) is 4.89 Å². The van der Waals surface area contributed by atoms with Crippen LogP contribution in [0.15, 0.2) is 78.9 Å². The van der Waals surface area contributed by atoms with Gasteiger partial charge in [0.2, 0.25) is 0 Å². The van der Waals surface area contributed by atoms with Crippen molar-refractivity contribution in [3.8, 4) is 11.1 Å². The van der Waals surface area contributed by atoms with Gasteiger partial charge in [-0.15, -0.1) is 0 Å². The minimum absolute atomic E-state index is 1.05. The molecule has 0 amide bonds. The molecule has 3 aromatic carbocycles. The van der Waals surface area contributed by atoms with Crippen molar-refractivity contribution in [1.82, 2.24) is 0 Å². The SMILES string of the molecule is O[PH]1(c2ccccc2)c2ccccc2-c2ccccc21. The molecule has 2 heteroatoms. The maximum absolute atomic E-state index is 11.6. The first kappa shape index (κ1) is 11.8. The second-order valence-corrected chi connectivity index (χ2v) is 8.24. The Labute approximate surface area is 119 Å². The van der Waals surface area contributed by atoms with E-state index in [0.717, 1.165) is 15.9 Å². The average Bonchev–Trinajstić information content (AvgIpc) is 2.80. The van der Waals surface area contributed by atoms with E-state index in [1.165, 1.54) is 11.1 Å². The van der Waals surface area contributed by atoms with Gasteiger partial charge in [-0.1, -0.05) is 0 Å². The minimum atomic E-state index is -2.80. The molecule has 1 N–H and O–H groups in total. The molecule has 0 atom stereocenters. The van der Waals surface area contributed by atoms with E-state index in [2.05, 4.69) is 24.3 Å². The fourth-order valence-electron chi connectivity index (χ4n) is 3.20. The molecule has 0 aromatic heterocycles. The van der Waals surface area contributed by atoms with Crippen molar-refractivity contribution in [2.75, 3.05) is 0 Å². The summed E-state index contributed by atoms with van der Waals surface area (Å²) in [6.45, 7) is 0. The molecule has 4 rings (SSSR count). The first-order valence-electron chi connectivity index (χ1n) is 6.79. The Morgan fingerprint density at radius 3 is 1.55 bits per heavy atom. The van der Waals surface area contributed by atoms with Crippen LogP contribution in [-0.2, 0) is 0 Å². The molecule has 0 spiro atoms. The first-order valence-corrected chi connectivity index (χ1v) is 8.74. The molecule has 0 aliphatic carbocycles. The fourth-order valence-corrected chi connectivity index (χ4v) is 6.68. The fraction of sp³-hybridized carbons (Fsp3) is 0. The number of benzene rings is 3. The van der Waals surface area contributed by atoms with Crippen molar-refractivity contribution in [2.45, 2.75) is 0 Å². The van der Waals surface area contributed by atoms with Crippen molar-refractivity contribution in [2.24, 2.45) is 0 Å². The van der Waals surface area contributed by atoms with E-state index in [0.29, 0.717) is 0 Å². The van der Waals surface area contributed by atoms with Crippen LogP contribution < -0.4 is 15.9 Å². The van der Waals surface area contributed by atoms with Crippen LogP contribution in [0.25, 0.3) is 11.1 Å². The molecule has 98 valence electrons. The van der Waals surface area contributed by atoms with Crippen LogP contribution in [0.4, 0.5) is 0 Å². The zero-order valence-electron chi connectivity index (χ0n) is 11.0. The normalized spacial score (nSPS) is 16.2. The third-order valence-electron chi connectivity index (χ3n) is 4.12. The average molecular weight is 278 g/mol. The Balaban J connectivity index is 2.10. The first-order chi connectivity index (χ1) is 9.82. The summed E-state index contributed by atoms with van der Waals surface area (Å²) in [4.78, 5) is 11.6. The van der Waals surface area contributed by atoms with Crippen LogP contribution >= 0.6 is 7.49 Å². The Morgan fingerprint density at radius 2 is 1.00 bits per heavy atom. The van der Waals surface area contributed by atoms with Gasteiger partial charge in [0.05, 0.1) is 0 Å². The zero-order chi connectivity index (χ0) is 13.6. The van der Waals surface area contributed by atoms with Gasteiger partial charge in [-0.25, -0.2) is 0 Å². The molecule has 20 heavy (non-hydrogen) atoms. The van der Waals surface area contributed by atoms with Crippen LogP contribution in [-0.4, -0.2) is 4.89 Å². The maximum atomic E-state index is 11.6. The number of rotatable bonds is 1. The quantitative estimate of drug-likeness (QED) is 0.678. The van der Waals surface area contributed by atoms with Crippen molar-refractivity contribution < 1.29 is 4.89 Å². The summed E-state index contributed by atoms with van der Waals surface area (Å²) < 4.78 is 0. The number of fused-ring (bicyclic) bond motifs is 3. The van der Waals surface area contributed by atoms with E-state index < -0.39 is 7.49 Å². The summed E-state index contributed by atoms with van der Waals surface area (Å²) in [6.07, 6.45) is 0. The summed E-state index contributed by atoms with van der Waals surface area (Å²) in [5.41, 5.74) is 2.36. The molecule has 1 nitrogen and oxygen atoms in total. The van der Waals surface area contributed by atoms with Gasteiger partial charge in [0.25, 0.3) is 0 Å². The van der Waals surface area contributed by atoms with Gasteiger partial charge in [-0.2, -0.15) is 0 Å². The summed E-state index contributed by atoms with van der Waals surface area (Å²) in [5.74, 6) is 0. The third-order valence-corrected chi connectivity index (χ3v) is 7.72. The molecular weight excluding hydrogens is 263 g/mol. The van der Waals surface area contributed by atoms with Gasteiger partial charge >= 0.3 is 118 Å². The molecule has 0 saturated heterocycles. The topological polar surface area (TPSA) is 20.2 Å². The summed E-state index contributed by atoms with van der Waals surface area (Å²) in [6, 6.07) is 26.6. The summed E-state index contributed by atoms with van der Waals surface area (Å²) >= 11 is 0. The van der Waals surface area contributed by atoms with Crippen LogP contribution in [0.2, 0.25) is 0 Å². The van der Waals surface area contributed by atoms with Crippen LogP contribution in [0.1, 0.15) is 0 Å². The molecule has 0 saturated carbocycles. The molecule has 1 heterocycles. The van der Waals surface area contributed by atoms with Gasteiger partial charge < -0.3 is 0 Å². The Hall–Kier alpha value is -1.95. The molecular formula is C18H15OP. The Bertz CT molecular complexity index is 735. The van der Waals surface area contributed by atoms with Crippen LogP contribution in [0.3, 0.4) is 0 Å². The van der Waals surface area contributed by atoms with E-state index >= 15 is 0 Å². The Morgan fingerprint density at radius 1 is 0.550 bits per heavy atom. The predicted molar refractivity (Wildman–Crippen MR) is 87.8 cm³/mol. The van der Waals surface area contributed by atoms with Gasteiger partial charge in [0, 0.05) is 0 Å². The van der Waals surface area contributed by atoms with Crippen molar-refractivity contribution in [3.63, 3.8) is 0 Å². The molecule has 0 fully saturated rings. The zero-order valence-corrected chi connectivity index (χ0v) is 12.0. The molecule has 0 unspecified atom stereocenters. The second kappa shape index (κ2) is 4.28. The van der Waals surface area contributed by atoms with Gasteiger partial charge in [-0.3, -0.25) is 0 Å². The molecule has 3 aromatic rings. The van der Waals surface area contributed by atoms with Crippen molar-refractivity contribution >= 4 is 23.4 Å². The number of hydrogen-bond acceptors (Lipinski definition) is 1. The summed E-state index contributed by atoms with van der Waals surface area (Å²) in [5, 5.41) is 3.26. The van der Waals surface area contributed by atoms with Crippen LogP contribution in [0.5, 0.6) is 0 Å². The van der Waals surface area contributed by atoms with Gasteiger partial charge in [0.1, 0.15) is 0 Å². The molecule has 1 aliphatic rings. The van der Waals surface area contributed by atoms with Crippen molar-refractivity contribution in [3.05, 3.63) is 78.9 Å². The molecule has 1 aliphatic heterocycles. The monoisotopic (exact) mass is 278 g/mol. The second-order valence-electron chi connectivity index (χ2n) is 5.17. The molecule has 0 radical (unpaired) electrons. The predicted octanol–water partition coefficient (Wildman–Crippen LogP) is 2.60. The van der Waals surface area contributed by atoms with Gasteiger partial charge in [0.15, 0.2) is 0 Å². The third kappa shape index (κ3) is 1.45. The Kier molecular flexibility index (Phi) is 2.53. The van der Waals surface area contributed by atoms with E-state index in [1.807, 2.05) is 54.6 Å². The standard InChI is InChI=1S/C18H15OP/c19-20(14-8-2-1-3-9-14)17-12-6-4-10-15(17)16-11-5-7-13-18(16)20/h1-13,19-20H. The van der Waals surface area contributed by atoms with E-state index in [1.54, 1.807) is 0 Å². The van der Waals surface area contributed by atoms with Gasteiger partial charge in [-0.05, 0) is 0 Å².